The molecule has 7 heteroatoms. The zero-order valence-electron chi connectivity index (χ0n) is 7.38. The van der Waals surface area contributed by atoms with Crippen molar-refractivity contribution < 1.29 is 18.7 Å². The van der Waals surface area contributed by atoms with E-state index in [1.54, 1.807) is 0 Å². The highest BCUT2D eigenvalue weighted by atomic mass is 79.9. The molecule has 0 aliphatic rings. The molecule has 0 bridgehead atoms. The quantitative estimate of drug-likeness (QED) is 0.833. The van der Waals surface area contributed by atoms with Crippen LogP contribution in [0.25, 0.3) is 0 Å². The van der Waals surface area contributed by atoms with Crippen LogP contribution in [-0.2, 0) is 5.33 Å². The van der Waals surface area contributed by atoms with E-state index in [1.165, 1.54) is 0 Å². The van der Waals surface area contributed by atoms with Gasteiger partial charge in [0.1, 0.15) is 5.82 Å². The summed E-state index contributed by atoms with van der Waals surface area (Å²) in [7, 11) is 0. The van der Waals surface area contributed by atoms with E-state index in [1.807, 2.05) is 0 Å². The number of aromatic nitrogens is 1. The normalized spacial score (nSPS) is 10.7. The number of pyridine rings is 1. The van der Waals surface area contributed by atoms with Gasteiger partial charge in [-0.1, -0.05) is 15.9 Å². The number of anilines is 1. The average molecular weight is 281 g/mol. The van der Waals surface area contributed by atoms with E-state index in [-0.39, 0.29) is 22.3 Å². The fourth-order valence-corrected chi connectivity index (χ4v) is 1.76. The Morgan fingerprint density at radius 2 is 2.27 bits per heavy atom. The number of carbonyl (C=O) groups is 1. The lowest BCUT2D eigenvalue weighted by atomic mass is 10.1. The van der Waals surface area contributed by atoms with Gasteiger partial charge in [0.2, 0.25) is 0 Å². The summed E-state index contributed by atoms with van der Waals surface area (Å²) in [4.78, 5) is 14.1. The van der Waals surface area contributed by atoms with E-state index in [0.717, 1.165) is 6.20 Å². The number of carboxylic acid groups (broad SMARTS) is 1. The van der Waals surface area contributed by atoms with Crippen molar-refractivity contribution in [3.05, 3.63) is 22.9 Å². The Morgan fingerprint density at radius 1 is 1.67 bits per heavy atom. The van der Waals surface area contributed by atoms with Gasteiger partial charge in [-0.3, -0.25) is 0 Å². The highest BCUT2D eigenvalue weighted by molar-refractivity contribution is 9.08. The van der Waals surface area contributed by atoms with Crippen LogP contribution in [0.4, 0.5) is 14.6 Å². The minimum Gasteiger partial charge on any atom is -0.478 e. The summed E-state index contributed by atoms with van der Waals surface area (Å²) >= 11 is 2.95. The fraction of sp³-hybridized carbons (Fsp3) is 0.250. The van der Waals surface area contributed by atoms with Crippen molar-refractivity contribution >= 4 is 27.7 Å². The molecule has 0 saturated carbocycles. The van der Waals surface area contributed by atoms with Crippen LogP contribution in [0.3, 0.4) is 0 Å². The van der Waals surface area contributed by atoms with Crippen molar-refractivity contribution in [3.63, 3.8) is 0 Å². The van der Waals surface area contributed by atoms with Crippen LogP contribution in [0.5, 0.6) is 0 Å². The number of halogens is 3. The van der Waals surface area contributed by atoms with E-state index in [4.69, 9.17) is 10.8 Å². The van der Waals surface area contributed by atoms with Gasteiger partial charge in [-0.05, 0) is 5.56 Å². The molecular formula is C8H7BrF2N2O2. The molecule has 0 radical (unpaired) electrons. The molecule has 0 saturated heterocycles. The van der Waals surface area contributed by atoms with Crippen molar-refractivity contribution in [1.82, 2.24) is 4.98 Å². The Balaban J connectivity index is 3.47. The van der Waals surface area contributed by atoms with Gasteiger partial charge in [-0.15, -0.1) is 0 Å². The molecule has 0 aliphatic heterocycles. The zero-order valence-corrected chi connectivity index (χ0v) is 8.96. The number of rotatable bonds is 3. The molecule has 1 aromatic heterocycles. The van der Waals surface area contributed by atoms with Crippen molar-refractivity contribution in [2.24, 2.45) is 0 Å². The van der Waals surface area contributed by atoms with Gasteiger partial charge in [-0.25, -0.2) is 18.6 Å². The van der Waals surface area contributed by atoms with Gasteiger partial charge >= 0.3 is 5.97 Å². The maximum atomic E-state index is 12.6. The molecule has 4 nitrogen and oxygen atoms in total. The van der Waals surface area contributed by atoms with Crippen LogP contribution in [0.1, 0.15) is 27.9 Å². The fourth-order valence-electron chi connectivity index (χ4n) is 1.15. The number of alkyl halides is 3. The first kappa shape index (κ1) is 11.8. The first-order valence-electron chi connectivity index (χ1n) is 3.83. The molecule has 15 heavy (non-hydrogen) atoms. The van der Waals surface area contributed by atoms with Crippen LogP contribution in [0.15, 0.2) is 6.20 Å². The van der Waals surface area contributed by atoms with Crippen LogP contribution < -0.4 is 5.73 Å². The minimum absolute atomic E-state index is 0.0129. The first-order valence-corrected chi connectivity index (χ1v) is 4.95. The van der Waals surface area contributed by atoms with E-state index in [2.05, 4.69) is 20.9 Å². The molecule has 3 N–H and O–H groups in total. The summed E-state index contributed by atoms with van der Waals surface area (Å²) in [6.45, 7) is 0. The third-order valence-electron chi connectivity index (χ3n) is 1.84. The number of nitrogens with two attached hydrogens (primary N) is 1. The first-order chi connectivity index (χ1) is 6.99. The van der Waals surface area contributed by atoms with Gasteiger partial charge < -0.3 is 10.8 Å². The van der Waals surface area contributed by atoms with Gasteiger partial charge in [0.25, 0.3) is 6.43 Å². The summed E-state index contributed by atoms with van der Waals surface area (Å²) in [5.74, 6) is -1.65. The summed E-state index contributed by atoms with van der Waals surface area (Å²) in [6.07, 6.45) is -1.87. The molecular weight excluding hydrogens is 274 g/mol. The summed E-state index contributed by atoms with van der Waals surface area (Å²) in [6, 6.07) is 0. The van der Waals surface area contributed by atoms with Gasteiger partial charge in [0.05, 0.1) is 11.1 Å². The summed E-state index contributed by atoms with van der Waals surface area (Å²) < 4.78 is 25.2. The van der Waals surface area contributed by atoms with Gasteiger partial charge in [0, 0.05) is 11.5 Å². The number of hydrogen-bond donors (Lipinski definition) is 2. The lowest BCUT2D eigenvalue weighted by molar-refractivity contribution is 0.0695. The van der Waals surface area contributed by atoms with E-state index in [9.17, 15) is 13.6 Å². The molecule has 0 unspecified atom stereocenters. The molecule has 0 atom stereocenters. The monoisotopic (exact) mass is 280 g/mol. The molecule has 1 heterocycles. The molecule has 0 aromatic carbocycles. The van der Waals surface area contributed by atoms with Crippen molar-refractivity contribution in [3.8, 4) is 0 Å². The molecule has 0 spiro atoms. The largest absolute Gasteiger partial charge is 0.478 e. The Labute approximate surface area is 92.2 Å². The maximum Gasteiger partial charge on any atom is 0.337 e. The van der Waals surface area contributed by atoms with Crippen molar-refractivity contribution in [2.75, 3.05) is 5.73 Å². The molecule has 0 amide bonds. The number of carboxylic acids is 1. The third-order valence-corrected chi connectivity index (χ3v) is 2.40. The van der Waals surface area contributed by atoms with Gasteiger partial charge in [0.15, 0.2) is 0 Å². The zero-order chi connectivity index (χ0) is 11.6. The number of hydrogen-bond acceptors (Lipinski definition) is 3. The number of aromatic carboxylic acids is 1. The Bertz CT molecular complexity index is 398. The SMILES string of the molecule is Nc1ncc(C(=O)O)c(CBr)c1C(F)F. The molecule has 1 rings (SSSR count). The standard InChI is InChI=1S/C8H7BrF2N2O2/c9-1-3-4(8(14)15)2-13-7(12)5(3)6(10)11/h2,6H,1H2,(H2,12,13)(H,14,15). The molecule has 0 aliphatic carbocycles. The molecule has 82 valence electrons. The number of nitrogen functional groups attached to an aromatic ring is 1. The predicted molar refractivity (Wildman–Crippen MR) is 53.2 cm³/mol. The molecule has 0 fully saturated rings. The second-order valence-corrected chi connectivity index (χ2v) is 3.25. The maximum absolute atomic E-state index is 12.6. The molecule has 1 aromatic rings. The van der Waals surface area contributed by atoms with Crippen LogP contribution in [0, 0.1) is 0 Å². The second-order valence-electron chi connectivity index (χ2n) is 2.69. The van der Waals surface area contributed by atoms with Crippen LogP contribution >= 0.6 is 15.9 Å². The highest BCUT2D eigenvalue weighted by Crippen LogP contribution is 2.30. The number of nitrogens with zero attached hydrogens (tertiary/aromatic N) is 1. The van der Waals surface area contributed by atoms with E-state index in [0.29, 0.717) is 0 Å². The van der Waals surface area contributed by atoms with Crippen LogP contribution in [-0.4, -0.2) is 16.1 Å². The predicted octanol–water partition coefficient (Wildman–Crippen LogP) is 2.19. The average Bonchev–Trinajstić information content (AvgIpc) is 2.15. The Hall–Kier alpha value is -1.24. The Kier molecular flexibility index (Phi) is 3.57. The van der Waals surface area contributed by atoms with Crippen LogP contribution in [0.2, 0.25) is 0 Å². The third kappa shape index (κ3) is 2.23. The smallest absolute Gasteiger partial charge is 0.337 e. The minimum atomic E-state index is -2.84. The second kappa shape index (κ2) is 4.52. The summed E-state index contributed by atoms with van der Waals surface area (Å²) in [5, 5.41) is 8.73. The lowest BCUT2D eigenvalue weighted by Crippen LogP contribution is -2.09. The summed E-state index contributed by atoms with van der Waals surface area (Å²) in [5.41, 5.74) is 4.44. The Morgan fingerprint density at radius 3 is 2.67 bits per heavy atom. The lowest BCUT2D eigenvalue weighted by Gasteiger charge is -2.11. The highest BCUT2D eigenvalue weighted by Gasteiger charge is 2.22. The van der Waals surface area contributed by atoms with E-state index >= 15 is 0 Å². The topological polar surface area (TPSA) is 76.2 Å². The van der Waals surface area contributed by atoms with Crippen molar-refractivity contribution in [1.29, 1.82) is 0 Å². The van der Waals surface area contributed by atoms with Crippen molar-refractivity contribution in [2.45, 2.75) is 11.8 Å². The van der Waals surface area contributed by atoms with Gasteiger partial charge in [-0.2, -0.15) is 0 Å². The van der Waals surface area contributed by atoms with E-state index < -0.39 is 18.0 Å².